The minimum atomic E-state index is -0.475. The number of aromatic nitrogens is 8. The number of aromatic amines is 4. The molecule has 0 amide bonds. The lowest BCUT2D eigenvalue weighted by Crippen LogP contribution is -2.14. The third-order valence-corrected chi connectivity index (χ3v) is 17.2. The molecule has 6 aromatic rings. The van der Waals surface area contributed by atoms with Gasteiger partial charge in [0.25, 0.3) is 0 Å². The summed E-state index contributed by atoms with van der Waals surface area (Å²) in [5.74, 6) is -1.25. The number of carbonyl (C=O) groups is 4. The molecule has 0 aliphatic carbocycles. The van der Waals surface area contributed by atoms with E-state index in [0.717, 1.165) is 151 Å². The third-order valence-electron chi connectivity index (χ3n) is 17.2. The molecule has 10 heterocycles. The normalized spacial score (nSPS) is 14.1. The largest absolute Gasteiger partial charge is 0.469 e. The summed E-state index contributed by atoms with van der Waals surface area (Å²) in [6.45, 7) is 20.6. The minimum Gasteiger partial charge on any atom is -0.469 e. The molecule has 0 saturated heterocycles. The van der Waals surface area contributed by atoms with Gasteiger partial charge in [0.1, 0.15) is 0 Å². The molecule has 2 unspecified atom stereocenters. The SMILES string of the molecule is COC(=O)CCC1=C(C)c2cc3cc(C)c(cc4[nH]c(cc5nc(cc1n2)C(CCC(=O)OC)=C5C)c(C)c4C(C)OC(C)C1=C(C)c2cc4nc(cc5[nH]c(cc6cc(C)c(cc1n2)[nH]6)c(C)c5CCC(=O)OC)C(CCC(=O)OC)=C4C)[nH]3. The van der Waals surface area contributed by atoms with Crippen LogP contribution in [0.4, 0.5) is 0 Å². The number of hydrogen-bond donors (Lipinski definition) is 4. The smallest absolute Gasteiger partial charge is 0.305 e. The van der Waals surface area contributed by atoms with E-state index in [9.17, 15) is 19.2 Å². The van der Waals surface area contributed by atoms with Crippen molar-refractivity contribution < 1.29 is 42.9 Å². The van der Waals surface area contributed by atoms with Gasteiger partial charge in [-0.25, -0.2) is 19.9 Å². The second kappa shape index (κ2) is 24.3. The standard InChI is InChI=1S/C68H74N8O9/c1-33-23-43-25-51-35(3)45(15-19-63(77)81-11)57(71-51)31-59-47(17-21-65(79)83-13)37(5)53(73-59)29-55-39(7)67(61(75-55)27-49(33)69-43)41(9)85-42(10)68-40(8)56-30-54-38(6)48(18-22-66(80)84-14)60(74-54)32-58-46(16-20-64(78)82-12)36(4)52(72-58)26-44-24-34(2)50(70-44)28-62(68)76-56/h23-32,41-42,69-71,76H,15-22H2,1-14H3. The topological polar surface area (TPSA) is 229 Å². The van der Waals surface area contributed by atoms with E-state index in [1.807, 2.05) is 45.0 Å². The van der Waals surface area contributed by atoms with E-state index in [2.05, 4.69) is 105 Å². The van der Waals surface area contributed by atoms with E-state index < -0.39 is 12.2 Å². The van der Waals surface area contributed by atoms with Gasteiger partial charge in [0, 0.05) is 81.0 Å². The highest BCUT2D eigenvalue weighted by Crippen LogP contribution is 2.42. The van der Waals surface area contributed by atoms with Crippen molar-refractivity contribution in [2.75, 3.05) is 28.4 Å². The fourth-order valence-corrected chi connectivity index (χ4v) is 12.2. The van der Waals surface area contributed by atoms with Crippen molar-refractivity contribution in [1.82, 2.24) is 39.9 Å². The molecule has 0 fully saturated rings. The summed E-state index contributed by atoms with van der Waals surface area (Å²) in [6, 6.07) is 20.6. The number of ether oxygens (including phenoxy) is 5. The molecule has 440 valence electrons. The van der Waals surface area contributed by atoms with Gasteiger partial charge in [0.05, 0.1) is 86.2 Å². The molecule has 10 rings (SSSR count). The lowest BCUT2D eigenvalue weighted by Gasteiger charge is -2.22. The van der Waals surface area contributed by atoms with Crippen LogP contribution in [0.5, 0.6) is 0 Å². The molecule has 17 heteroatoms. The highest BCUT2D eigenvalue weighted by Gasteiger charge is 2.29. The molecule has 2 atom stereocenters. The summed E-state index contributed by atoms with van der Waals surface area (Å²) in [5, 5.41) is 0. The van der Waals surface area contributed by atoms with Crippen molar-refractivity contribution in [1.29, 1.82) is 0 Å². The van der Waals surface area contributed by atoms with Crippen LogP contribution in [0.15, 0.2) is 60.7 Å². The Morgan fingerprint density at radius 1 is 0.388 bits per heavy atom. The van der Waals surface area contributed by atoms with E-state index in [0.29, 0.717) is 42.8 Å². The Balaban J connectivity index is 1.12. The highest BCUT2D eigenvalue weighted by atomic mass is 16.5. The first-order chi connectivity index (χ1) is 40.7. The fourth-order valence-electron chi connectivity index (χ4n) is 12.2. The zero-order chi connectivity index (χ0) is 60.7. The average molecular weight is 1150 g/mol. The van der Waals surface area contributed by atoms with Crippen LogP contribution in [0, 0.1) is 27.7 Å². The van der Waals surface area contributed by atoms with Crippen molar-refractivity contribution in [3.8, 4) is 0 Å². The van der Waals surface area contributed by atoms with Gasteiger partial charge in [-0.15, -0.1) is 0 Å². The number of allylic oxidation sites excluding steroid dienone is 7. The zero-order valence-electron chi connectivity index (χ0n) is 51.0. The van der Waals surface area contributed by atoms with Crippen molar-refractivity contribution >= 4 is 113 Å². The van der Waals surface area contributed by atoms with Gasteiger partial charge < -0.3 is 43.6 Å². The zero-order valence-corrected chi connectivity index (χ0v) is 51.0. The van der Waals surface area contributed by atoms with Crippen LogP contribution in [-0.4, -0.2) is 98.3 Å². The first kappa shape index (κ1) is 59.2. The van der Waals surface area contributed by atoms with Crippen LogP contribution < -0.4 is 0 Å². The van der Waals surface area contributed by atoms with Crippen molar-refractivity contribution in [3.63, 3.8) is 0 Å². The van der Waals surface area contributed by atoms with Crippen LogP contribution in [0.25, 0.3) is 88.7 Å². The Labute approximate surface area is 494 Å². The van der Waals surface area contributed by atoms with Gasteiger partial charge in [-0.1, -0.05) is 0 Å². The molecule has 0 spiro atoms. The van der Waals surface area contributed by atoms with Crippen molar-refractivity contribution in [2.24, 2.45) is 0 Å². The van der Waals surface area contributed by atoms with Gasteiger partial charge in [0.15, 0.2) is 0 Å². The number of aryl methyl sites for hydroxylation is 5. The summed E-state index contributed by atoms with van der Waals surface area (Å²) in [7, 11) is 5.58. The molecule has 0 aromatic carbocycles. The molecule has 17 nitrogen and oxygen atoms in total. The molecule has 0 saturated carbocycles. The molecule has 4 N–H and O–H groups in total. The first-order valence-corrected chi connectivity index (χ1v) is 28.9. The summed E-state index contributed by atoms with van der Waals surface area (Å²) in [5.41, 5.74) is 26.1. The van der Waals surface area contributed by atoms with E-state index in [1.54, 1.807) is 0 Å². The number of esters is 4. The van der Waals surface area contributed by atoms with Gasteiger partial charge >= 0.3 is 23.9 Å². The van der Waals surface area contributed by atoms with Crippen LogP contribution in [0.1, 0.15) is 172 Å². The number of H-pyrrole nitrogens is 4. The average Bonchev–Trinajstić information content (AvgIpc) is 4.43. The Kier molecular flexibility index (Phi) is 16.9. The second-order valence-corrected chi connectivity index (χ2v) is 22.4. The Hall–Kier alpha value is -8.96. The van der Waals surface area contributed by atoms with Crippen LogP contribution in [0.3, 0.4) is 0 Å². The predicted molar refractivity (Wildman–Crippen MR) is 334 cm³/mol. The van der Waals surface area contributed by atoms with Crippen LogP contribution in [-0.2, 0) is 49.3 Å². The predicted octanol–water partition coefficient (Wildman–Crippen LogP) is 14.0. The first-order valence-electron chi connectivity index (χ1n) is 28.9. The van der Waals surface area contributed by atoms with Crippen molar-refractivity contribution in [2.45, 2.75) is 133 Å². The number of fused-ring (bicyclic) bond motifs is 16. The van der Waals surface area contributed by atoms with E-state index in [4.69, 9.17) is 43.6 Å². The maximum atomic E-state index is 12.7. The molecule has 85 heavy (non-hydrogen) atoms. The monoisotopic (exact) mass is 1150 g/mol. The summed E-state index contributed by atoms with van der Waals surface area (Å²) >= 11 is 0. The summed E-state index contributed by atoms with van der Waals surface area (Å²) in [6.07, 6.45) is 1.48. The molecule has 6 aromatic heterocycles. The lowest BCUT2D eigenvalue weighted by molar-refractivity contribution is -0.141. The maximum Gasteiger partial charge on any atom is 0.305 e. The second-order valence-electron chi connectivity index (χ2n) is 22.4. The van der Waals surface area contributed by atoms with E-state index in [1.165, 1.54) is 28.4 Å². The molecule has 16 bridgehead atoms. The molecular formula is C68H74N8O9. The quantitative estimate of drug-likeness (QED) is 0.0523. The minimum absolute atomic E-state index is 0.166. The van der Waals surface area contributed by atoms with Gasteiger partial charge in [-0.3, -0.25) is 19.2 Å². The molecular weight excluding hydrogens is 1070 g/mol. The number of nitrogens with zero attached hydrogens (tertiary/aromatic N) is 4. The highest BCUT2D eigenvalue weighted by molar-refractivity contribution is 5.99. The number of methoxy groups -OCH3 is 4. The van der Waals surface area contributed by atoms with Crippen LogP contribution >= 0.6 is 0 Å². The maximum absolute atomic E-state index is 12.7. The number of hydrogen-bond acceptors (Lipinski definition) is 13. The van der Waals surface area contributed by atoms with E-state index >= 15 is 0 Å². The third kappa shape index (κ3) is 11.9. The number of nitrogens with one attached hydrogen (secondary N) is 4. The Morgan fingerprint density at radius 2 is 0.788 bits per heavy atom. The van der Waals surface area contributed by atoms with Gasteiger partial charge in [-0.05, 0) is 222 Å². The Bertz CT molecular complexity index is 4270. The molecule has 4 aliphatic rings. The van der Waals surface area contributed by atoms with E-state index in [-0.39, 0.29) is 49.6 Å². The number of rotatable bonds is 16. The Morgan fingerprint density at radius 3 is 1.33 bits per heavy atom. The molecule has 0 radical (unpaired) electrons. The lowest BCUT2D eigenvalue weighted by atomic mass is 9.98. The summed E-state index contributed by atoms with van der Waals surface area (Å²) < 4.78 is 27.6. The van der Waals surface area contributed by atoms with Gasteiger partial charge in [-0.2, -0.15) is 0 Å². The number of carbonyl (C=O) groups excluding carboxylic acids is 4. The van der Waals surface area contributed by atoms with Crippen LogP contribution in [0.2, 0.25) is 0 Å². The van der Waals surface area contributed by atoms with Crippen molar-refractivity contribution in [3.05, 3.63) is 140 Å². The van der Waals surface area contributed by atoms with Gasteiger partial charge in [0.2, 0.25) is 0 Å². The fraction of sp³-hybridized carbons (Fsp3) is 0.353. The molecule has 4 aliphatic heterocycles. The summed E-state index contributed by atoms with van der Waals surface area (Å²) in [4.78, 5) is 86.1.